The first-order valence-electron chi connectivity index (χ1n) is 8.72. The van der Waals surface area contributed by atoms with Crippen molar-refractivity contribution in [2.75, 3.05) is 0 Å². The predicted molar refractivity (Wildman–Crippen MR) is 116 cm³/mol. The number of benzene rings is 2. The zero-order chi connectivity index (χ0) is 22.0. The van der Waals surface area contributed by atoms with E-state index in [9.17, 15) is 0 Å². The summed E-state index contributed by atoms with van der Waals surface area (Å²) in [5.74, 6) is -0.0349. The van der Waals surface area contributed by atoms with E-state index in [0.717, 1.165) is 0 Å². The Balaban J connectivity index is 1.62. The maximum Gasteiger partial charge on any atom is 0.249 e. The summed E-state index contributed by atoms with van der Waals surface area (Å²) in [7, 11) is 0. The molecule has 154 valence electrons. The monoisotopic (exact) mass is 518 g/mol. The molecule has 0 bridgehead atoms. The second kappa shape index (κ2) is 9.02. The summed E-state index contributed by atoms with van der Waals surface area (Å²) in [6.45, 7) is 0. The van der Waals surface area contributed by atoms with Gasteiger partial charge in [0.15, 0.2) is 11.6 Å². The van der Waals surface area contributed by atoms with Gasteiger partial charge in [-0.25, -0.2) is 4.39 Å². The minimum Gasteiger partial charge on any atom is -0.453 e. The second-order valence-corrected chi connectivity index (χ2v) is 7.97. The number of ether oxygens (including phenoxy) is 1. The van der Waals surface area contributed by atoms with Gasteiger partial charge in [0.05, 0.1) is 33.1 Å². The molecule has 2 aromatic carbocycles. The van der Waals surface area contributed by atoms with Crippen LogP contribution in [-0.2, 0) is 6.42 Å². The maximum absolute atomic E-state index is 15.2. The Kier molecular flexibility index (Phi) is 6.18. The predicted octanol–water partition coefficient (Wildman–Crippen LogP) is 6.59. The Labute approximate surface area is 194 Å². The molecule has 2 heterocycles. The van der Waals surface area contributed by atoms with E-state index in [1.54, 1.807) is 24.4 Å². The second-order valence-electron chi connectivity index (χ2n) is 6.27. The molecule has 4 aromatic rings. The lowest BCUT2D eigenvalue weighted by Gasteiger charge is -2.12. The van der Waals surface area contributed by atoms with Gasteiger partial charge in [0.25, 0.3) is 0 Å². The molecule has 0 spiro atoms. The van der Waals surface area contributed by atoms with E-state index in [4.69, 9.17) is 37.6 Å². The molecule has 0 atom stereocenters. The lowest BCUT2D eigenvalue weighted by Crippen LogP contribution is -1.98. The molecule has 0 saturated heterocycles. The van der Waals surface area contributed by atoms with E-state index in [0.29, 0.717) is 25.6 Å². The molecule has 0 amide bonds. The lowest BCUT2D eigenvalue weighted by molar-refractivity contribution is 0.433. The number of aromatic nitrogens is 3. The highest BCUT2D eigenvalue weighted by Gasteiger charge is 2.19. The highest BCUT2D eigenvalue weighted by atomic mass is 79.9. The van der Waals surface area contributed by atoms with E-state index in [1.807, 2.05) is 6.07 Å². The van der Waals surface area contributed by atoms with Gasteiger partial charge in [0.1, 0.15) is 5.75 Å². The molecule has 31 heavy (non-hydrogen) atoms. The molecule has 0 saturated carbocycles. The molecule has 0 N–H and O–H groups in total. The van der Waals surface area contributed by atoms with E-state index < -0.39 is 5.82 Å². The molecular formula is C21H10BrCl2FN4O2. The first-order valence-corrected chi connectivity index (χ1v) is 10.3. The van der Waals surface area contributed by atoms with E-state index >= 15 is 4.39 Å². The van der Waals surface area contributed by atoms with Crippen molar-refractivity contribution in [1.82, 2.24) is 15.2 Å². The average molecular weight is 520 g/mol. The molecule has 0 aliphatic heterocycles. The summed E-state index contributed by atoms with van der Waals surface area (Å²) in [4.78, 5) is 3.91. The van der Waals surface area contributed by atoms with Crippen molar-refractivity contribution in [2.24, 2.45) is 0 Å². The lowest BCUT2D eigenvalue weighted by atomic mass is 10.1. The van der Waals surface area contributed by atoms with Crippen LogP contribution in [0.2, 0.25) is 10.0 Å². The first-order chi connectivity index (χ1) is 14.9. The third-order valence-corrected chi connectivity index (χ3v) is 5.30. The van der Waals surface area contributed by atoms with Gasteiger partial charge in [-0.3, -0.25) is 4.98 Å². The maximum atomic E-state index is 15.2. The molecule has 0 radical (unpaired) electrons. The summed E-state index contributed by atoms with van der Waals surface area (Å²) in [5, 5.41) is 17.7. The zero-order valence-corrected chi connectivity index (χ0v) is 18.5. The number of hydrogen-bond acceptors (Lipinski definition) is 6. The highest BCUT2D eigenvalue weighted by Crippen LogP contribution is 2.36. The Morgan fingerprint density at radius 3 is 2.77 bits per heavy atom. The van der Waals surface area contributed by atoms with Crippen LogP contribution < -0.4 is 4.74 Å². The van der Waals surface area contributed by atoms with Crippen LogP contribution in [0, 0.1) is 17.1 Å². The Morgan fingerprint density at radius 2 is 2.00 bits per heavy atom. The van der Waals surface area contributed by atoms with Gasteiger partial charge >= 0.3 is 0 Å². The minimum absolute atomic E-state index is 0.0319. The fourth-order valence-corrected chi connectivity index (χ4v) is 3.57. The summed E-state index contributed by atoms with van der Waals surface area (Å²) >= 11 is 15.4. The van der Waals surface area contributed by atoms with Crippen molar-refractivity contribution in [2.45, 2.75) is 6.42 Å². The normalized spacial score (nSPS) is 10.7. The fourth-order valence-electron chi connectivity index (χ4n) is 2.75. The van der Waals surface area contributed by atoms with Crippen LogP contribution in [-0.4, -0.2) is 15.2 Å². The van der Waals surface area contributed by atoms with Crippen molar-refractivity contribution in [3.05, 3.63) is 86.1 Å². The number of pyridine rings is 1. The molecule has 4 rings (SSSR count). The van der Waals surface area contributed by atoms with Crippen LogP contribution in [0.25, 0.3) is 11.5 Å². The van der Waals surface area contributed by atoms with E-state index in [2.05, 4.69) is 31.1 Å². The molecule has 0 aliphatic carbocycles. The van der Waals surface area contributed by atoms with Crippen LogP contribution in [0.4, 0.5) is 4.39 Å². The Bertz CT molecular complexity index is 1320. The Morgan fingerprint density at radius 1 is 1.16 bits per heavy atom. The molecule has 2 aromatic heterocycles. The third kappa shape index (κ3) is 4.69. The van der Waals surface area contributed by atoms with Gasteiger partial charge in [0.2, 0.25) is 11.8 Å². The third-order valence-electron chi connectivity index (χ3n) is 4.16. The number of nitriles is 1. The SMILES string of the molecule is N#Cc1cc(Cl)cc(Oc2c(Br)ccc(Cc3nnc(-c4ccncc4Cl)o3)c2F)c1. The number of hydrogen-bond donors (Lipinski definition) is 0. The quantitative estimate of drug-likeness (QED) is 0.295. The van der Waals surface area contributed by atoms with Crippen LogP contribution in [0.3, 0.4) is 0 Å². The summed E-state index contributed by atoms with van der Waals surface area (Å²) < 4.78 is 26.9. The van der Waals surface area contributed by atoms with E-state index in [-0.39, 0.29) is 35.3 Å². The topological polar surface area (TPSA) is 84.8 Å². The Hall–Kier alpha value is -2.99. The van der Waals surface area contributed by atoms with Gasteiger partial charge in [-0.05, 0) is 46.3 Å². The summed E-state index contributed by atoms with van der Waals surface area (Å²) in [6.07, 6.45) is 3.05. The molecule has 6 nitrogen and oxygen atoms in total. The van der Waals surface area contributed by atoms with Gasteiger partial charge in [0, 0.05) is 23.0 Å². The van der Waals surface area contributed by atoms with Crippen molar-refractivity contribution < 1.29 is 13.5 Å². The van der Waals surface area contributed by atoms with Crippen LogP contribution >= 0.6 is 39.1 Å². The molecular weight excluding hydrogens is 510 g/mol. The fraction of sp³-hybridized carbons (Fsp3) is 0.0476. The van der Waals surface area contributed by atoms with Crippen LogP contribution in [0.15, 0.2) is 57.7 Å². The molecule has 10 heteroatoms. The van der Waals surface area contributed by atoms with Crippen LogP contribution in [0.5, 0.6) is 11.5 Å². The van der Waals surface area contributed by atoms with Crippen molar-refractivity contribution in [3.8, 4) is 29.0 Å². The number of nitrogens with zero attached hydrogens (tertiary/aromatic N) is 4. The standard InChI is InChI=1S/C21H10BrCl2FN4O2/c22-16-2-1-12(7-18-28-29-21(31-18)15-3-4-27-10-17(15)24)19(25)20(16)30-14-6-11(9-26)5-13(23)8-14/h1-6,8,10H,7H2. The van der Waals surface area contributed by atoms with Gasteiger partial charge in [-0.15, -0.1) is 10.2 Å². The summed E-state index contributed by atoms with van der Waals surface area (Å²) in [5.41, 5.74) is 1.10. The van der Waals surface area contributed by atoms with Crippen molar-refractivity contribution >= 4 is 39.1 Å². The highest BCUT2D eigenvalue weighted by molar-refractivity contribution is 9.10. The smallest absolute Gasteiger partial charge is 0.249 e. The van der Waals surface area contributed by atoms with Crippen LogP contribution in [0.1, 0.15) is 17.0 Å². The average Bonchev–Trinajstić information content (AvgIpc) is 3.21. The zero-order valence-electron chi connectivity index (χ0n) is 15.4. The number of rotatable bonds is 5. The van der Waals surface area contributed by atoms with E-state index in [1.165, 1.54) is 24.4 Å². The summed E-state index contributed by atoms with van der Waals surface area (Å²) in [6, 6.07) is 11.3. The molecule has 0 fully saturated rings. The molecule has 0 unspecified atom stereocenters. The van der Waals surface area contributed by atoms with Gasteiger partial charge in [-0.1, -0.05) is 29.3 Å². The van der Waals surface area contributed by atoms with Crippen molar-refractivity contribution in [1.29, 1.82) is 5.26 Å². The molecule has 0 aliphatic rings. The van der Waals surface area contributed by atoms with Gasteiger partial charge < -0.3 is 9.15 Å². The first kappa shape index (κ1) is 21.2. The largest absolute Gasteiger partial charge is 0.453 e. The van der Waals surface area contributed by atoms with Gasteiger partial charge in [-0.2, -0.15) is 5.26 Å². The van der Waals surface area contributed by atoms with Crippen molar-refractivity contribution in [3.63, 3.8) is 0 Å². The minimum atomic E-state index is -0.616. The number of halogens is 4.